The molecule has 1 aromatic carbocycles. The van der Waals surface area contributed by atoms with Crippen molar-refractivity contribution in [1.29, 1.82) is 0 Å². The van der Waals surface area contributed by atoms with Gasteiger partial charge in [-0.15, -0.1) is 0 Å². The highest BCUT2D eigenvalue weighted by Gasteiger charge is 2.37. The molecule has 0 bridgehead atoms. The minimum absolute atomic E-state index is 0.0390. The number of halogens is 5. The van der Waals surface area contributed by atoms with E-state index in [0.717, 1.165) is 0 Å². The second-order valence-corrected chi connectivity index (χ2v) is 5.63. The second-order valence-electron chi connectivity index (χ2n) is 4.86. The maximum absolute atomic E-state index is 13.2. The molecule has 4 nitrogen and oxygen atoms in total. The summed E-state index contributed by atoms with van der Waals surface area (Å²) in [5.41, 5.74) is -0.884. The first-order valence-electron chi connectivity index (χ1n) is 6.44. The van der Waals surface area contributed by atoms with Gasteiger partial charge in [-0.2, -0.15) is 13.2 Å². The van der Waals surface area contributed by atoms with Gasteiger partial charge >= 0.3 is 6.18 Å². The Hall–Kier alpha value is -1.73. The summed E-state index contributed by atoms with van der Waals surface area (Å²) in [6.45, 7) is 1.38. The summed E-state index contributed by atoms with van der Waals surface area (Å²) in [4.78, 5) is 7.29. The minimum Gasteiger partial charge on any atom is -0.454 e. The first kappa shape index (κ1) is 16.1. The molecule has 0 radical (unpaired) electrons. The van der Waals surface area contributed by atoms with Gasteiger partial charge in [-0.05, 0) is 18.6 Å². The average molecular weight is 365 g/mol. The fraction of sp³-hybridized carbons (Fsp3) is 0.286. The van der Waals surface area contributed by atoms with Crippen LogP contribution in [0, 0.1) is 6.92 Å². The lowest BCUT2D eigenvalue weighted by atomic mass is 10.0. The molecule has 2 aromatic rings. The number of rotatable bonds is 2. The summed E-state index contributed by atoms with van der Waals surface area (Å²) < 4.78 is 50.0. The monoisotopic (exact) mass is 364 g/mol. The number of benzene rings is 1. The molecule has 1 aromatic heterocycles. The van der Waals surface area contributed by atoms with Gasteiger partial charge in [0.25, 0.3) is 0 Å². The third-order valence-electron chi connectivity index (χ3n) is 3.25. The van der Waals surface area contributed by atoms with E-state index in [1.54, 1.807) is 0 Å². The summed E-state index contributed by atoms with van der Waals surface area (Å²) in [6, 6.07) is 3.02. The number of alkyl halides is 3. The third-order valence-corrected chi connectivity index (χ3v) is 3.91. The predicted molar refractivity (Wildman–Crippen MR) is 77.2 cm³/mol. The van der Waals surface area contributed by atoms with E-state index in [1.807, 2.05) is 0 Å². The highest BCUT2D eigenvalue weighted by molar-refractivity contribution is 6.32. The first-order valence-corrected chi connectivity index (χ1v) is 7.19. The van der Waals surface area contributed by atoms with Crippen LogP contribution in [0.1, 0.15) is 22.6 Å². The highest BCUT2D eigenvalue weighted by Crippen LogP contribution is 2.40. The lowest BCUT2D eigenvalue weighted by Crippen LogP contribution is -2.15. The van der Waals surface area contributed by atoms with Crippen LogP contribution in [-0.2, 0) is 12.6 Å². The van der Waals surface area contributed by atoms with Crippen molar-refractivity contribution in [3.05, 3.63) is 45.0 Å². The normalized spacial score (nSPS) is 13.5. The number of hydrogen-bond donors (Lipinski definition) is 0. The van der Waals surface area contributed by atoms with Crippen molar-refractivity contribution in [2.75, 3.05) is 6.79 Å². The van der Waals surface area contributed by atoms with Gasteiger partial charge < -0.3 is 9.47 Å². The number of ether oxygens (including phenoxy) is 2. The molecule has 9 heteroatoms. The molecule has 23 heavy (non-hydrogen) atoms. The van der Waals surface area contributed by atoms with E-state index in [0.29, 0.717) is 17.1 Å². The summed E-state index contributed by atoms with van der Waals surface area (Å²) in [5.74, 6) is 0.811. The van der Waals surface area contributed by atoms with Crippen LogP contribution in [-0.4, -0.2) is 16.8 Å². The molecule has 0 amide bonds. The molecule has 0 atom stereocenters. The van der Waals surface area contributed by atoms with Crippen LogP contribution in [0.2, 0.25) is 10.2 Å². The molecule has 0 saturated heterocycles. The predicted octanol–water partition coefficient (Wildman–Crippen LogP) is 4.43. The molecule has 0 aliphatic carbocycles. The van der Waals surface area contributed by atoms with Crippen molar-refractivity contribution in [1.82, 2.24) is 9.97 Å². The van der Waals surface area contributed by atoms with Crippen molar-refractivity contribution in [3.8, 4) is 11.5 Å². The zero-order valence-corrected chi connectivity index (χ0v) is 13.2. The van der Waals surface area contributed by atoms with Gasteiger partial charge in [0.1, 0.15) is 11.0 Å². The van der Waals surface area contributed by atoms with Gasteiger partial charge in [-0.25, -0.2) is 9.97 Å². The Labute approximate surface area is 139 Å². The van der Waals surface area contributed by atoms with Crippen LogP contribution in [0.15, 0.2) is 12.1 Å². The molecular formula is C14H9Cl2F3N2O2. The molecule has 0 saturated carbocycles. The van der Waals surface area contributed by atoms with E-state index in [1.165, 1.54) is 19.1 Å². The van der Waals surface area contributed by atoms with E-state index in [9.17, 15) is 13.2 Å². The summed E-state index contributed by atoms with van der Waals surface area (Å²) >= 11 is 12.0. The zero-order chi connectivity index (χ0) is 16.8. The van der Waals surface area contributed by atoms with E-state index in [4.69, 9.17) is 32.7 Å². The topological polar surface area (TPSA) is 44.2 Å². The Morgan fingerprint density at radius 1 is 1.13 bits per heavy atom. The molecule has 3 rings (SSSR count). The van der Waals surface area contributed by atoms with Crippen molar-refractivity contribution in [2.45, 2.75) is 19.5 Å². The van der Waals surface area contributed by atoms with E-state index >= 15 is 0 Å². The third kappa shape index (κ3) is 3.16. The van der Waals surface area contributed by atoms with Crippen molar-refractivity contribution < 1.29 is 22.6 Å². The molecule has 1 aliphatic rings. The quantitative estimate of drug-likeness (QED) is 0.739. The van der Waals surface area contributed by atoms with Crippen molar-refractivity contribution >= 4 is 23.2 Å². The van der Waals surface area contributed by atoms with Crippen molar-refractivity contribution in [3.63, 3.8) is 0 Å². The largest absolute Gasteiger partial charge is 0.454 e. The molecular weight excluding hydrogens is 356 g/mol. The Kier molecular flexibility index (Phi) is 4.01. The highest BCUT2D eigenvalue weighted by atomic mass is 35.5. The van der Waals surface area contributed by atoms with Crippen molar-refractivity contribution in [2.24, 2.45) is 0 Å². The van der Waals surface area contributed by atoms with Gasteiger partial charge in [-0.3, -0.25) is 0 Å². The Morgan fingerprint density at radius 3 is 2.43 bits per heavy atom. The van der Waals surface area contributed by atoms with Gasteiger partial charge in [0.05, 0.1) is 0 Å². The fourth-order valence-corrected chi connectivity index (χ4v) is 2.74. The maximum atomic E-state index is 13.2. The molecule has 2 heterocycles. The zero-order valence-electron chi connectivity index (χ0n) is 11.7. The van der Waals surface area contributed by atoms with Crippen LogP contribution >= 0.6 is 23.2 Å². The Balaban J connectivity index is 2.07. The smallest absolute Gasteiger partial charge is 0.433 e. The summed E-state index contributed by atoms with van der Waals surface area (Å²) in [5, 5.41) is -0.00225. The Bertz CT molecular complexity index is 782. The number of nitrogens with zero attached hydrogens (tertiary/aromatic N) is 2. The lowest BCUT2D eigenvalue weighted by Gasteiger charge is -2.14. The summed E-state index contributed by atoms with van der Waals surface area (Å²) in [7, 11) is 0. The lowest BCUT2D eigenvalue weighted by molar-refractivity contribution is -0.141. The number of aromatic nitrogens is 2. The number of aryl methyl sites for hydroxylation is 1. The van der Waals surface area contributed by atoms with Crippen LogP contribution in [0.5, 0.6) is 11.5 Å². The molecule has 0 N–H and O–H groups in total. The number of hydrogen-bond acceptors (Lipinski definition) is 4. The maximum Gasteiger partial charge on any atom is 0.433 e. The van der Waals surface area contributed by atoms with Gasteiger partial charge in [0, 0.05) is 23.1 Å². The molecule has 122 valence electrons. The molecule has 0 fully saturated rings. The van der Waals surface area contributed by atoms with Gasteiger partial charge in [0.15, 0.2) is 17.2 Å². The van der Waals surface area contributed by atoms with Crippen LogP contribution in [0.25, 0.3) is 0 Å². The number of fused-ring (bicyclic) bond motifs is 1. The minimum atomic E-state index is -4.64. The van der Waals surface area contributed by atoms with E-state index in [2.05, 4.69) is 9.97 Å². The fourth-order valence-electron chi connectivity index (χ4n) is 2.24. The SMILES string of the molecule is Cc1nc(Cl)c(Cc2cc3c(cc2Cl)OCO3)c(C(F)(F)F)n1. The Morgan fingerprint density at radius 2 is 1.78 bits per heavy atom. The molecule has 1 aliphatic heterocycles. The molecule has 0 spiro atoms. The van der Waals surface area contributed by atoms with E-state index < -0.39 is 11.9 Å². The average Bonchev–Trinajstić information content (AvgIpc) is 2.87. The van der Waals surface area contributed by atoms with Crippen LogP contribution in [0.4, 0.5) is 13.2 Å². The first-order chi connectivity index (χ1) is 10.8. The molecule has 0 unspecified atom stereocenters. The van der Waals surface area contributed by atoms with E-state index in [-0.39, 0.29) is 34.8 Å². The standard InChI is InChI=1S/C14H9Cl2F3N2O2/c1-6-20-12(14(17,18)19)8(13(16)21-6)2-7-3-10-11(4-9(7)15)23-5-22-10/h3-4H,2,5H2,1H3. The van der Waals surface area contributed by atoms with Gasteiger partial charge in [0.2, 0.25) is 6.79 Å². The van der Waals surface area contributed by atoms with Gasteiger partial charge in [-0.1, -0.05) is 23.2 Å². The van der Waals surface area contributed by atoms with Crippen LogP contribution in [0.3, 0.4) is 0 Å². The summed E-state index contributed by atoms with van der Waals surface area (Å²) in [6.07, 6.45) is -4.82. The second kappa shape index (κ2) is 5.72. The van der Waals surface area contributed by atoms with Crippen LogP contribution < -0.4 is 9.47 Å².